The molecule has 1 aliphatic heterocycles. The number of carbonyl (C=O) groups is 2. The highest BCUT2D eigenvalue weighted by Gasteiger charge is 2.17. The summed E-state index contributed by atoms with van der Waals surface area (Å²) in [5, 5.41) is 2.58. The summed E-state index contributed by atoms with van der Waals surface area (Å²) in [4.78, 5) is 24.9. The van der Waals surface area contributed by atoms with Gasteiger partial charge in [-0.3, -0.25) is 10.2 Å². The first kappa shape index (κ1) is 19.1. The molecule has 1 saturated heterocycles. The molecule has 10 heteroatoms. The molecule has 0 aliphatic carbocycles. The molecule has 0 atom stereocenters. The predicted molar refractivity (Wildman–Crippen MR) is 99.2 cm³/mol. The van der Waals surface area contributed by atoms with Crippen molar-refractivity contribution < 1.29 is 23.5 Å². The van der Waals surface area contributed by atoms with Crippen molar-refractivity contribution in [3.63, 3.8) is 0 Å². The Kier molecular flexibility index (Phi) is 5.89. The van der Waals surface area contributed by atoms with E-state index in [1.807, 2.05) is 0 Å². The normalized spacial score (nSPS) is 14.7. The average Bonchev–Trinajstić information content (AvgIpc) is 2.99. The molecule has 0 bridgehead atoms. The zero-order valence-electron chi connectivity index (χ0n) is 14.4. The summed E-state index contributed by atoms with van der Waals surface area (Å²) in [6.45, 7) is 3.33. The number of hydrogen-bond acceptors (Lipinski definition) is 6. The molecule has 2 aromatic rings. The van der Waals surface area contributed by atoms with E-state index in [-0.39, 0.29) is 16.6 Å². The van der Waals surface area contributed by atoms with Crippen LogP contribution in [0.15, 0.2) is 24.3 Å². The maximum absolute atomic E-state index is 14.6. The van der Waals surface area contributed by atoms with Gasteiger partial charge in [0.1, 0.15) is 10.8 Å². The number of halogens is 1. The summed E-state index contributed by atoms with van der Waals surface area (Å²) in [7, 11) is 0. The maximum Gasteiger partial charge on any atom is 0.410 e. The van der Waals surface area contributed by atoms with Gasteiger partial charge in [-0.1, -0.05) is 12.1 Å². The number of urea groups is 1. The first-order chi connectivity index (χ1) is 12.9. The Morgan fingerprint density at radius 2 is 2.00 bits per heavy atom. The number of morpholine rings is 1. The Bertz CT molecular complexity index is 818. The van der Waals surface area contributed by atoms with Gasteiger partial charge in [-0.2, -0.15) is 0 Å². The summed E-state index contributed by atoms with van der Waals surface area (Å²) in [5.41, 5.74) is 11.3. The number of carbonyl (C=O) groups excluding carboxylic acids is 2. The molecule has 1 aliphatic rings. The molecule has 0 spiro atoms. The van der Waals surface area contributed by atoms with Crippen molar-refractivity contribution in [1.29, 1.82) is 0 Å². The number of rotatable bonds is 5. The third-order valence-corrected chi connectivity index (χ3v) is 5.06. The van der Waals surface area contributed by atoms with Gasteiger partial charge in [-0.25, -0.2) is 14.0 Å². The molecule has 3 rings (SSSR count). The second kappa shape index (κ2) is 8.33. The zero-order valence-corrected chi connectivity index (χ0v) is 15.2. The van der Waals surface area contributed by atoms with Crippen LogP contribution in [0.2, 0.25) is 0 Å². The van der Waals surface area contributed by atoms with Gasteiger partial charge in [0.2, 0.25) is 0 Å². The fraction of sp³-hybridized carbons (Fsp3) is 0.294. The number of hydrogen-bond donors (Lipinski definition) is 3. The zero-order chi connectivity index (χ0) is 19.4. The average molecular weight is 394 g/mol. The predicted octanol–water partition coefficient (Wildman–Crippen LogP) is 2.33. The highest BCUT2D eigenvalue weighted by molar-refractivity contribution is 7.20. The van der Waals surface area contributed by atoms with E-state index in [1.165, 1.54) is 12.1 Å². The lowest BCUT2D eigenvalue weighted by molar-refractivity contribution is 0.0337. The first-order valence-electron chi connectivity index (χ1n) is 8.19. The van der Waals surface area contributed by atoms with Crippen LogP contribution < -0.4 is 21.5 Å². The molecule has 3 amide bonds. The maximum atomic E-state index is 14.6. The summed E-state index contributed by atoms with van der Waals surface area (Å²) in [6.07, 6.45) is -1.03. The van der Waals surface area contributed by atoms with Crippen LogP contribution in [0, 0.1) is 5.82 Å². The number of nitrogens with one attached hydrogen (secondary N) is 1. The summed E-state index contributed by atoms with van der Waals surface area (Å²) < 4.78 is 24.7. The van der Waals surface area contributed by atoms with Gasteiger partial charge in [0.25, 0.3) is 0 Å². The van der Waals surface area contributed by atoms with Crippen LogP contribution in [0.1, 0.15) is 5.56 Å². The topological polar surface area (TPSA) is 120 Å². The monoisotopic (exact) mass is 394 g/mol. The van der Waals surface area contributed by atoms with E-state index in [4.69, 9.17) is 20.9 Å². The van der Waals surface area contributed by atoms with Crippen molar-refractivity contribution in [2.45, 2.75) is 6.54 Å². The second-order valence-corrected chi connectivity index (χ2v) is 6.96. The van der Waals surface area contributed by atoms with Crippen molar-refractivity contribution >= 4 is 28.5 Å². The van der Waals surface area contributed by atoms with E-state index < -0.39 is 12.1 Å². The van der Waals surface area contributed by atoms with Crippen LogP contribution in [0.3, 0.4) is 0 Å². The Labute approximate surface area is 158 Å². The molecule has 8 nitrogen and oxygen atoms in total. The highest BCUT2D eigenvalue weighted by atomic mass is 32.1. The molecule has 1 aromatic carbocycles. The standard InChI is InChI=1S/C17H19FN4O4S/c18-12-7-10(1-2-11(12)9-22-3-5-25-6-4-22)14-8-13(26-17(20)24)15(27-14)21-16(19)23/h1-2,7-8H,3-6,9H2,(H2,20,24)(H3,19,21,23). The van der Waals surface area contributed by atoms with Crippen molar-refractivity contribution in [2.24, 2.45) is 11.5 Å². The number of nitrogens with two attached hydrogens (primary N) is 2. The van der Waals surface area contributed by atoms with Crippen LogP contribution in [-0.4, -0.2) is 43.3 Å². The van der Waals surface area contributed by atoms with Gasteiger partial charge in [0, 0.05) is 36.1 Å². The molecule has 0 radical (unpaired) electrons. The molecular weight excluding hydrogens is 375 g/mol. The Hall–Kier alpha value is -2.69. The number of nitrogens with zero attached hydrogens (tertiary/aromatic N) is 1. The van der Waals surface area contributed by atoms with Gasteiger partial charge >= 0.3 is 12.1 Å². The van der Waals surface area contributed by atoms with Crippen molar-refractivity contribution in [3.8, 4) is 16.2 Å². The third-order valence-electron chi connectivity index (χ3n) is 3.98. The third kappa shape index (κ3) is 4.94. The molecule has 5 N–H and O–H groups in total. The molecule has 0 saturated carbocycles. The van der Waals surface area contributed by atoms with Gasteiger partial charge in [-0.05, 0) is 11.6 Å². The van der Waals surface area contributed by atoms with Crippen molar-refractivity contribution in [2.75, 3.05) is 31.6 Å². The lowest BCUT2D eigenvalue weighted by Gasteiger charge is -2.26. The Morgan fingerprint density at radius 1 is 1.26 bits per heavy atom. The van der Waals surface area contributed by atoms with Crippen LogP contribution in [0.5, 0.6) is 5.75 Å². The number of amides is 3. The Balaban J connectivity index is 1.82. The van der Waals surface area contributed by atoms with Crippen LogP contribution in [0.25, 0.3) is 10.4 Å². The molecule has 2 heterocycles. The highest BCUT2D eigenvalue weighted by Crippen LogP contribution is 2.41. The summed E-state index contributed by atoms with van der Waals surface area (Å²) in [5.74, 6) is -0.284. The number of primary amides is 2. The van der Waals surface area contributed by atoms with Crippen LogP contribution in [0.4, 0.5) is 19.0 Å². The van der Waals surface area contributed by atoms with E-state index in [9.17, 15) is 14.0 Å². The van der Waals surface area contributed by atoms with Gasteiger partial charge in [-0.15, -0.1) is 11.3 Å². The number of ether oxygens (including phenoxy) is 2. The fourth-order valence-electron chi connectivity index (χ4n) is 2.73. The van der Waals surface area contributed by atoms with Crippen molar-refractivity contribution in [3.05, 3.63) is 35.6 Å². The van der Waals surface area contributed by atoms with E-state index in [1.54, 1.807) is 12.1 Å². The second-order valence-electron chi connectivity index (χ2n) is 5.91. The summed E-state index contributed by atoms with van der Waals surface area (Å²) in [6, 6.07) is 5.58. The fourth-order valence-corrected chi connectivity index (χ4v) is 3.71. The van der Waals surface area contributed by atoms with Crippen molar-refractivity contribution in [1.82, 2.24) is 4.90 Å². The number of anilines is 1. The van der Waals surface area contributed by atoms with E-state index in [2.05, 4.69) is 10.2 Å². The lowest BCUT2D eigenvalue weighted by atomic mass is 10.1. The van der Waals surface area contributed by atoms with E-state index in [0.29, 0.717) is 35.8 Å². The Morgan fingerprint density at radius 3 is 2.63 bits per heavy atom. The van der Waals surface area contributed by atoms with E-state index in [0.717, 1.165) is 24.4 Å². The molecule has 1 fully saturated rings. The van der Waals surface area contributed by atoms with Crippen LogP contribution in [-0.2, 0) is 11.3 Å². The van der Waals surface area contributed by atoms with Crippen LogP contribution >= 0.6 is 11.3 Å². The minimum atomic E-state index is -1.03. The quantitative estimate of drug-likeness (QED) is 0.719. The van der Waals surface area contributed by atoms with Gasteiger partial charge in [0.05, 0.1) is 13.2 Å². The van der Waals surface area contributed by atoms with E-state index >= 15 is 0 Å². The molecule has 1 aromatic heterocycles. The minimum absolute atomic E-state index is 0.0547. The molecule has 0 unspecified atom stereocenters. The van der Waals surface area contributed by atoms with Gasteiger partial charge < -0.3 is 20.9 Å². The SMILES string of the molecule is NC(=O)Nc1sc(-c2ccc(CN3CCOCC3)c(F)c2)cc1OC(N)=O. The molecular formula is C17H19FN4O4S. The molecule has 27 heavy (non-hydrogen) atoms. The largest absolute Gasteiger partial charge is 0.410 e. The number of thiophene rings is 1. The number of benzene rings is 1. The summed E-state index contributed by atoms with van der Waals surface area (Å²) >= 11 is 1.09. The smallest absolute Gasteiger partial charge is 0.407 e. The molecule has 144 valence electrons. The first-order valence-corrected chi connectivity index (χ1v) is 9.00. The lowest BCUT2D eigenvalue weighted by Crippen LogP contribution is -2.35. The minimum Gasteiger partial charge on any atom is -0.407 e. The van der Waals surface area contributed by atoms with Gasteiger partial charge in [0.15, 0.2) is 5.75 Å².